The number of rotatable bonds is 0. The maximum atomic E-state index is 10.7. The van der Waals surface area contributed by atoms with Crippen LogP contribution in [0.3, 0.4) is 0 Å². The summed E-state index contributed by atoms with van der Waals surface area (Å²) >= 11 is 0. The molecule has 0 bridgehead atoms. The van der Waals surface area contributed by atoms with Gasteiger partial charge in [-0.25, -0.2) is 4.99 Å². The van der Waals surface area contributed by atoms with Crippen LogP contribution in [0.5, 0.6) is 0 Å². The number of nitriles is 1. The minimum atomic E-state index is -0.428. The summed E-state index contributed by atoms with van der Waals surface area (Å²) in [5.41, 5.74) is -0.141. The van der Waals surface area contributed by atoms with E-state index in [0.717, 1.165) is 6.20 Å². The fourth-order valence-corrected chi connectivity index (χ4v) is 0.596. The Balaban J connectivity index is 2.95. The molecule has 1 heterocycles. The van der Waals surface area contributed by atoms with E-state index in [4.69, 9.17) is 10.4 Å². The zero-order chi connectivity index (χ0) is 7.56. The number of Topliss-reactive ketones (excluding diaryl/α,β-unsaturated/α-hetero) is 1. The SMILES string of the molecule is N#CC1=NC=C(O)CC1=O. The van der Waals surface area contributed by atoms with Gasteiger partial charge in [0.1, 0.15) is 11.8 Å². The lowest BCUT2D eigenvalue weighted by molar-refractivity contribution is -0.112. The number of aliphatic hydroxyl groups is 1. The molecule has 0 aromatic heterocycles. The van der Waals surface area contributed by atoms with E-state index in [9.17, 15) is 4.79 Å². The van der Waals surface area contributed by atoms with Crippen molar-refractivity contribution >= 4 is 11.5 Å². The average molecular weight is 136 g/mol. The second-order valence-corrected chi connectivity index (χ2v) is 1.81. The molecular formula is C6H4N2O2. The molecule has 10 heavy (non-hydrogen) atoms. The number of nitrogens with zero attached hydrogens (tertiary/aromatic N) is 2. The highest BCUT2D eigenvalue weighted by Gasteiger charge is 2.15. The van der Waals surface area contributed by atoms with Crippen LogP contribution in [-0.2, 0) is 4.79 Å². The number of carbonyl (C=O) groups excluding carboxylic acids is 1. The van der Waals surface area contributed by atoms with Gasteiger partial charge in [0, 0.05) is 0 Å². The molecule has 0 saturated heterocycles. The van der Waals surface area contributed by atoms with Crippen LogP contribution in [0.4, 0.5) is 0 Å². The number of hydrogen-bond acceptors (Lipinski definition) is 4. The number of aliphatic imine (C=N–C) groups is 1. The second-order valence-electron chi connectivity index (χ2n) is 1.81. The molecule has 0 saturated carbocycles. The van der Waals surface area contributed by atoms with E-state index in [1.807, 2.05) is 0 Å². The minimum absolute atomic E-state index is 0.0935. The first-order chi connectivity index (χ1) is 4.74. The van der Waals surface area contributed by atoms with Gasteiger partial charge in [-0.15, -0.1) is 0 Å². The number of carbonyl (C=O) groups is 1. The van der Waals surface area contributed by atoms with Crippen LogP contribution in [0.2, 0.25) is 0 Å². The van der Waals surface area contributed by atoms with Gasteiger partial charge in [-0.3, -0.25) is 4.79 Å². The maximum Gasteiger partial charge on any atom is 0.199 e. The fraction of sp³-hybridized carbons (Fsp3) is 0.167. The van der Waals surface area contributed by atoms with E-state index < -0.39 is 5.78 Å². The van der Waals surface area contributed by atoms with Gasteiger partial charge >= 0.3 is 0 Å². The predicted molar refractivity (Wildman–Crippen MR) is 33.4 cm³/mol. The summed E-state index contributed by atoms with van der Waals surface area (Å²) in [6.45, 7) is 0. The van der Waals surface area contributed by atoms with Crippen molar-refractivity contribution in [3.05, 3.63) is 12.0 Å². The average Bonchev–Trinajstić information content (AvgIpc) is 1.88. The Morgan fingerprint density at radius 2 is 2.50 bits per heavy atom. The predicted octanol–water partition coefficient (Wildman–Crippen LogP) is 0.323. The molecule has 1 aliphatic heterocycles. The molecule has 0 atom stereocenters. The first kappa shape index (κ1) is 6.49. The summed E-state index contributed by atoms with van der Waals surface area (Å²) in [6.07, 6.45) is 1.01. The molecule has 0 spiro atoms. The molecule has 1 N–H and O–H groups in total. The largest absolute Gasteiger partial charge is 0.510 e. The molecule has 1 aliphatic rings. The lowest BCUT2D eigenvalue weighted by Gasteiger charge is -2.00. The van der Waals surface area contributed by atoms with E-state index in [2.05, 4.69) is 4.99 Å². The Morgan fingerprint density at radius 1 is 1.80 bits per heavy atom. The summed E-state index contributed by atoms with van der Waals surface area (Å²) in [7, 11) is 0. The van der Waals surface area contributed by atoms with Gasteiger partial charge in [-0.1, -0.05) is 0 Å². The Labute approximate surface area is 57.1 Å². The third-order valence-electron chi connectivity index (χ3n) is 1.05. The van der Waals surface area contributed by atoms with Crippen molar-refractivity contribution in [1.82, 2.24) is 0 Å². The van der Waals surface area contributed by atoms with Crippen molar-refractivity contribution < 1.29 is 9.90 Å². The Hall–Kier alpha value is -1.63. The van der Waals surface area contributed by atoms with Crippen LogP contribution >= 0.6 is 0 Å². The topological polar surface area (TPSA) is 73.4 Å². The number of aliphatic hydroxyl groups excluding tert-OH is 1. The van der Waals surface area contributed by atoms with Gasteiger partial charge in [0.2, 0.25) is 0 Å². The van der Waals surface area contributed by atoms with Crippen LogP contribution < -0.4 is 0 Å². The van der Waals surface area contributed by atoms with Gasteiger partial charge in [0.25, 0.3) is 0 Å². The van der Waals surface area contributed by atoms with Crippen LogP contribution in [0.15, 0.2) is 17.0 Å². The standard InChI is InChI=1S/C6H4N2O2/c7-2-5-6(10)1-4(9)3-8-5/h3,9H,1H2. The van der Waals surface area contributed by atoms with E-state index in [0.29, 0.717) is 0 Å². The first-order valence-corrected chi connectivity index (χ1v) is 2.63. The highest BCUT2D eigenvalue weighted by Crippen LogP contribution is 2.04. The molecular weight excluding hydrogens is 132 g/mol. The van der Waals surface area contributed by atoms with Crippen molar-refractivity contribution in [3.63, 3.8) is 0 Å². The van der Waals surface area contributed by atoms with Gasteiger partial charge in [0.15, 0.2) is 11.5 Å². The molecule has 50 valence electrons. The molecule has 0 radical (unpaired) electrons. The van der Waals surface area contributed by atoms with Crippen LogP contribution in [0.25, 0.3) is 0 Å². The maximum absolute atomic E-state index is 10.7. The highest BCUT2D eigenvalue weighted by atomic mass is 16.3. The van der Waals surface area contributed by atoms with Crippen molar-refractivity contribution in [3.8, 4) is 6.07 Å². The summed E-state index contributed by atoms with van der Waals surface area (Å²) in [5, 5.41) is 17.0. The molecule has 0 aliphatic carbocycles. The molecule has 0 amide bonds. The molecule has 0 aromatic rings. The summed E-state index contributed by atoms with van der Waals surface area (Å²) < 4.78 is 0. The van der Waals surface area contributed by atoms with Crippen LogP contribution in [0.1, 0.15) is 6.42 Å². The Kier molecular flexibility index (Phi) is 1.50. The van der Waals surface area contributed by atoms with E-state index in [1.54, 1.807) is 6.07 Å². The smallest absolute Gasteiger partial charge is 0.199 e. The molecule has 0 unspecified atom stereocenters. The zero-order valence-electron chi connectivity index (χ0n) is 5.03. The lowest BCUT2D eigenvalue weighted by Crippen LogP contribution is -2.15. The van der Waals surface area contributed by atoms with E-state index >= 15 is 0 Å². The van der Waals surface area contributed by atoms with Crippen LogP contribution in [0, 0.1) is 11.3 Å². The van der Waals surface area contributed by atoms with Crippen LogP contribution in [-0.4, -0.2) is 16.6 Å². The summed E-state index contributed by atoms with van der Waals surface area (Å²) in [6, 6.07) is 1.62. The van der Waals surface area contributed by atoms with E-state index in [1.165, 1.54) is 0 Å². The van der Waals surface area contributed by atoms with Crippen molar-refractivity contribution in [1.29, 1.82) is 5.26 Å². The Morgan fingerprint density at radius 3 is 3.00 bits per heavy atom. The normalized spacial score (nSPS) is 17.3. The molecule has 1 rings (SSSR count). The number of allylic oxidation sites excluding steroid dienone is 1. The third kappa shape index (κ3) is 1.03. The van der Waals surface area contributed by atoms with Crippen molar-refractivity contribution in [2.75, 3.05) is 0 Å². The zero-order valence-corrected chi connectivity index (χ0v) is 5.03. The van der Waals surface area contributed by atoms with Gasteiger partial charge < -0.3 is 5.11 Å². The summed E-state index contributed by atoms with van der Waals surface area (Å²) in [5.74, 6) is -0.522. The van der Waals surface area contributed by atoms with Gasteiger partial charge in [-0.05, 0) is 0 Å². The molecule has 0 fully saturated rings. The molecule has 4 heteroatoms. The van der Waals surface area contributed by atoms with Gasteiger partial charge in [-0.2, -0.15) is 5.26 Å². The Bertz CT molecular complexity index is 270. The highest BCUT2D eigenvalue weighted by molar-refractivity contribution is 6.46. The quantitative estimate of drug-likeness (QED) is 0.521. The van der Waals surface area contributed by atoms with Crippen molar-refractivity contribution in [2.24, 2.45) is 4.99 Å². The lowest BCUT2D eigenvalue weighted by atomic mass is 10.1. The number of hydrogen-bond donors (Lipinski definition) is 1. The molecule has 0 aromatic carbocycles. The minimum Gasteiger partial charge on any atom is -0.510 e. The van der Waals surface area contributed by atoms with E-state index in [-0.39, 0.29) is 17.9 Å². The third-order valence-corrected chi connectivity index (χ3v) is 1.05. The monoisotopic (exact) mass is 136 g/mol. The van der Waals surface area contributed by atoms with Gasteiger partial charge in [0.05, 0.1) is 12.6 Å². The first-order valence-electron chi connectivity index (χ1n) is 2.63. The van der Waals surface area contributed by atoms with Crippen molar-refractivity contribution in [2.45, 2.75) is 6.42 Å². The fourth-order valence-electron chi connectivity index (χ4n) is 0.596. The second kappa shape index (κ2) is 2.31. The number of ketones is 1. The summed E-state index contributed by atoms with van der Waals surface area (Å²) in [4.78, 5) is 14.1. The molecule has 4 nitrogen and oxygen atoms in total.